The van der Waals surface area contributed by atoms with Crippen LogP contribution in [0.1, 0.15) is 58.5 Å². The third-order valence-corrected chi connectivity index (χ3v) is 4.77. The number of fused-ring (bicyclic) bond motifs is 1. The van der Waals surface area contributed by atoms with Gasteiger partial charge < -0.3 is 5.32 Å². The standard InChI is InChI=1S/C21H22N2O3/c1-12(2)15-11-7-8-13(3)18(15)22-19(24)14(4)23-20(25)16-9-5-6-10-17(16)21(23)26/h5-12,14H,1-4H3,(H,22,24). The van der Waals surface area contributed by atoms with E-state index in [1.165, 1.54) is 0 Å². The van der Waals surface area contributed by atoms with E-state index in [1.807, 2.05) is 25.1 Å². The van der Waals surface area contributed by atoms with E-state index in [0.717, 1.165) is 21.7 Å². The van der Waals surface area contributed by atoms with Crippen molar-refractivity contribution in [1.29, 1.82) is 0 Å². The molecule has 2 aromatic rings. The van der Waals surface area contributed by atoms with Crippen molar-refractivity contribution in [2.24, 2.45) is 0 Å². The number of anilines is 1. The summed E-state index contributed by atoms with van der Waals surface area (Å²) in [6, 6.07) is 11.6. The first-order valence-corrected chi connectivity index (χ1v) is 8.70. The third-order valence-electron chi connectivity index (χ3n) is 4.77. The number of hydrogen-bond donors (Lipinski definition) is 1. The number of aryl methyl sites for hydroxylation is 1. The van der Waals surface area contributed by atoms with Crippen LogP contribution in [0.4, 0.5) is 5.69 Å². The predicted molar refractivity (Wildman–Crippen MR) is 100 cm³/mol. The van der Waals surface area contributed by atoms with Crippen LogP contribution in [0, 0.1) is 6.92 Å². The predicted octanol–water partition coefficient (Wildman–Crippen LogP) is 3.74. The fraction of sp³-hybridized carbons (Fsp3) is 0.286. The average molecular weight is 350 g/mol. The van der Waals surface area contributed by atoms with Gasteiger partial charge in [0.15, 0.2) is 0 Å². The minimum atomic E-state index is -0.901. The van der Waals surface area contributed by atoms with Gasteiger partial charge in [0, 0.05) is 5.69 Å². The lowest BCUT2D eigenvalue weighted by molar-refractivity contribution is -0.119. The first-order chi connectivity index (χ1) is 12.3. The molecule has 0 saturated heterocycles. The Kier molecular flexibility index (Phi) is 4.64. The second kappa shape index (κ2) is 6.75. The average Bonchev–Trinajstić information content (AvgIpc) is 2.87. The van der Waals surface area contributed by atoms with E-state index in [0.29, 0.717) is 11.1 Å². The second-order valence-electron chi connectivity index (χ2n) is 6.88. The van der Waals surface area contributed by atoms with Crippen LogP contribution in [-0.2, 0) is 4.79 Å². The molecule has 0 bridgehead atoms. The van der Waals surface area contributed by atoms with E-state index in [-0.39, 0.29) is 11.8 Å². The summed E-state index contributed by atoms with van der Waals surface area (Å²) in [5.41, 5.74) is 3.40. The lowest BCUT2D eigenvalue weighted by Gasteiger charge is -2.23. The number of amides is 3. The Morgan fingerprint density at radius 2 is 1.50 bits per heavy atom. The maximum Gasteiger partial charge on any atom is 0.262 e. The molecule has 1 aliphatic heterocycles. The highest BCUT2D eigenvalue weighted by Crippen LogP contribution is 2.29. The number of para-hydroxylation sites is 1. The van der Waals surface area contributed by atoms with Crippen LogP contribution in [0.3, 0.4) is 0 Å². The number of imide groups is 1. The van der Waals surface area contributed by atoms with Gasteiger partial charge in [-0.05, 0) is 43.0 Å². The zero-order valence-corrected chi connectivity index (χ0v) is 15.4. The molecule has 2 aromatic carbocycles. The Balaban J connectivity index is 1.87. The van der Waals surface area contributed by atoms with Crippen LogP contribution >= 0.6 is 0 Å². The number of rotatable bonds is 4. The van der Waals surface area contributed by atoms with Gasteiger partial charge in [0.05, 0.1) is 11.1 Å². The number of nitrogens with one attached hydrogen (secondary N) is 1. The Bertz CT molecular complexity index is 867. The summed E-state index contributed by atoms with van der Waals surface area (Å²) in [6.45, 7) is 7.61. The van der Waals surface area contributed by atoms with Crippen molar-refractivity contribution in [3.05, 3.63) is 64.7 Å². The SMILES string of the molecule is Cc1cccc(C(C)C)c1NC(=O)C(C)N1C(=O)c2ccccc2C1=O. The molecule has 1 heterocycles. The van der Waals surface area contributed by atoms with Gasteiger partial charge in [-0.1, -0.05) is 44.2 Å². The van der Waals surface area contributed by atoms with Gasteiger partial charge in [0.2, 0.25) is 5.91 Å². The van der Waals surface area contributed by atoms with Crippen LogP contribution in [-0.4, -0.2) is 28.7 Å². The van der Waals surface area contributed by atoms with Gasteiger partial charge in [-0.15, -0.1) is 0 Å². The highest BCUT2D eigenvalue weighted by molar-refractivity contribution is 6.23. The van der Waals surface area contributed by atoms with E-state index in [4.69, 9.17) is 0 Å². The molecule has 0 radical (unpaired) electrons. The monoisotopic (exact) mass is 350 g/mol. The summed E-state index contributed by atoms with van der Waals surface area (Å²) < 4.78 is 0. The van der Waals surface area contributed by atoms with Gasteiger partial charge in [0.1, 0.15) is 6.04 Å². The lowest BCUT2D eigenvalue weighted by Crippen LogP contribution is -2.45. The first kappa shape index (κ1) is 17.9. The number of carbonyl (C=O) groups excluding carboxylic acids is 3. The summed E-state index contributed by atoms with van der Waals surface area (Å²) >= 11 is 0. The molecule has 5 nitrogen and oxygen atoms in total. The van der Waals surface area contributed by atoms with Gasteiger partial charge in [-0.3, -0.25) is 19.3 Å². The van der Waals surface area contributed by atoms with E-state index >= 15 is 0 Å². The summed E-state index contributed by atoms with van der Waals surface area (Å²) in [6.07, 6.45) is 0. The number of benzene rings is 2. The molecule has 1 unspecified atom stereocenters. The summed E-state index contributed by atoms with van der Waals surface area (Å²) in [5, 5.41) is 2.92. The van der Waals surface area contributed by atoms with Crippen LogP contribution in [0.25, 0.3) is 0 Å². The first-order valence-electron chi connectivity index (χ1n) is 8.70. The lowest BCUT2D eigenvalue weighted by atomic mass is 9.98. The maximum absolute atomic E-state index is 12.8. The van der Waals surface area contributed by atoms with Crippen LogP contribution in [0.5, 0.6) is 0 Å². The zero-order chi connectivity index (χ0) is 19.0. The molecule has 0 aliphatic carbocycles. The molecule has 1 aliphatic rings. The Morgan fingerprint density at radius 3 is 2.04 bits per heavy atom. The smallest absolute Gasteiger partial charge is 0.262 e. The molecule has 26 heavy (non-hydrogen) atoms. The van der Waals surface area contributed by atoms with Crippen LogP contribution in [0.15, 0.2) is 42.5 Å². The fourth-order valence-electron chi connectivity index (χ4n) is 3.25. The Morgan fingerprint density at radius 1 is 0.923 bits per heavy atom. The number of hydrogen-bond acceptors (Lipinski definition) is 3. The molecule has 0 aromatic heterocycles. The van der Waals surface area contributed by atoms with Crippen molar-refractivity contribution in [3.8, 4) is 0 Å². The fourth-order valence-corrected chi connectivity index (χ4v) is 3.25. The van der Waals surface area contributed by atoms with Gasteiger partial charge in [-0.25, -0.2) is 0 Å². The topological polar surface area (TPSA) is 66.5 Å². The number of nitrogens with zero attached hydrogens (tertiary/aromatic N) is 1. The van der Waals surface area contributed by atoms with Gasteiger partial charge in [0.25, 0.3) is 11.8 Å². The highest BCUT2D eigenvalue weighted by Gasteiger charge is 2.40. The van der Waals surface area contributed by atoms with Crippen molar-refractivity contribution < 1.29 is 14.4 Å². The summed E-state index contributed by atoms with van der Waals surface area (Å²) in [5.74, 6) is -1.00. The minimum Gasteiger partial charge on any atom is -0.324 e. The minimum absolute atomic E-state index is 0.236. The Labute approximate surface area is 153 Å². The summed E-state index contributed by atoms with van der Waals surface area (Å²) in [7, 11) is 0. The molecule has 5 heteroatoms. The molecular formula is C21H22N2O3. The Hall–Kier alpha value is -2.95. The van der Waals surface area contributed by atoms with E-state index in [9.17, 15) is 14.4 Å². The summed E-state index contributed by atoms with van der Waals surface area (Å²) in [4.78, 5) is 39.0. The number of carbonyl (C=O) groups is 3. The molecule has 1 N–H and O–H groups in total. The van der Waals surface area contributed by atoms with E-state index in [2.05, 4.69) is 19.2 Å². The van der Waals surface area contributed by atoms with Crippen LogP contribution < -0.4 is 5.32 Å². The zero-order valence-electron chi connectivity index (χ0n) is 15.4. The molecule has 3 rings (SSSR count). The molecule has 1 atom stereocenters. The van der Waals surface area contributed by atoms with Crippen molar-refractivity contribution in [2.75, 3.05) is 5.32 Å². The molecule has 134 valence electrons. The van der Waals surface area contributed by atoms with Crippen molar-refractivity contribution in [1.82, 2.24) is 4.90 Å². The van der Waals surface area contributed by atoms with Gasteiger partial charge in [-0.2, -0.15) is 0 Å². The van der Waals surface area contributed by atoms with Crippen molar-refractivity contribution in [2.45, 2.75) is 39.7 Å². The van der Waals surface area contributed by atoms with Crippen molar-refractivity contribution in [3.63, 3.8) is 0 Å². The third kappa shape index (κ3) is 2.90. The maximum atomic E-state index is 12.8. The normalized spacial score (nSPS) is 14.6. The molecule has 0 fully saturated rings. The quantitative estimate of drug-likeness (QED) is 0.854. The molecule has 0 spiro atoms. The van der Waals surface area contributed by atoms with E-state index in [1.54, 1.807) is 31.2 Å². The van der Waals surface area contributed by atoms with Crippen molar-refractivity contribution >= 4 is 23.4 Å². The van der Waals surface area contributed by atoms with E-state index < -0.39 is 17.9 Å². The molecule has 3 amide bonds. The largest absolute Gasteiger partial charge is 0.324 e. The molecular weight excluding hydrogens is 328 g/mol. The van der Waals surface area contributed by atoms with Crippen LogP contribution in [0.2, 0.25) is 0 Å². The van der Waals surface area contributed by atoms with Gasteiger partial charge >= 0.3 is 0 Å². The highest BCUT2D eigenvalue weighted by atomic mass is 16.2. The molecule has 0 saturated carbocycles. The second-order valence-corrected chi connectivity index (χ2v) is 6.88.